The number of alkyl halides is 5. The van der Waals surface area contributed by atoms with Gasteiger partial charge in [0, 0.05) is 28.3 Å². The fraction of sp³-hybridized carbons (Fsp3) is 0.259. The molecule has 220 valence electrons. The van der Waals surface area contributed by atoms with Crippen LogP contribution in [0, 0.1) is 5.82 Å². The topological polar surface area (TPSA) is 132 Å². The number of nitrogens with two attached hydrogens (primary N) is 1. The Morgan fingerprint density at radius 1 is 1.17 bits per heavy atom. The summed E-state index contributed by atoms with van der Waals surface area (Å²) in [5.41, 5.74) is -1.10. The summed E-state index contributed by atoms with van der Waals surface area (Å²) in [4.78, 5) is 29.2. The van der Waals surface area contributed by atoms with Crippen molar-refractivity contribution in [2.45, 2.75) is 30.7 Å². The van der Waals surface area contributed by atoms with Gasteiger partial charge in [0.2, 0.25) is 11.5 Å². The van der Waals surface area contributed by atoms with Crippen molar-refractivity contribution in [1.82, 2.24) is 20.1 Å². The molecule has 9 nitrogen and oxygen atoms in total. The van der Waals surface area contributed by atoms with Crippen LogP contribution in [0.15, 0.2) is 54.7 Å². The van der Waals surface area contributed by atoms with Crippen LogP contribution in [0.25, 0.3) is 22.2 Å². The van der Waals surface area contributed by atoms with E-state index >= 15 is 0 Å². The zero-order chi connectivity index (χ0) is 30.6. The molecule has 0 spiro atoms. The lowest BCUT2D eigenvalue weighted by molar-refractivity contribution is -0.265. The highest BCUT2D eigenvalue weighted by molar-refractivity contribution is 5.98. The molecule has 1 aliphatic heterocycles. The first-order valence-corrected chi connectivity index (χ1v) is 12.2. The van der Waals surface area contributed by atoms with Crippen LogP contribution in [0.4, 0.5) is 26.3 Å². The van der Waals surface area contributed by atoms with E-state index in [4.69, 9.17) is 10.5 Å². The number of hydrogen-bond acceptors (Lipinski definition) is 6. The van der Waals surface area contributed by atoms with E-state index < -0.39 is 53.6 Å². The van der Waals surface area contributed by atoms with Gasteiger partial charge in [-0.1, -0.05) is 0 Å². The molecule has 15 heteroatoms. The van der Waals surface area contributed by atoms with Crippen LogP contribution in [0.1, 0.15) is 35.1 Å². The third kappa shape index (κ3) is 4.78. The number of halogens is 6. The molecule has 0 fully saturated rings. The minimum Gasteiger partial charge on any atom is -0.489 e. The highest BCUT2D eigenvalue weighted by atomic mass is 19.4. The first-order chi connectivity index (χ1) is 19.6. The summed E-state index contributed by atoms with van der Waals surface area (Å²) >= 11 is 0. The number of primary amides is 1. The van der Waals surface area contributed by atoms with E-state index in [2.05, 4.69) is 10.1 Å². The largest absolute Gasteiger partial charge is 0.489 e. The summed E-state index contributed by atoms with van der Waals surface area (Å²) in [7, 11) is 0. The Morgan fingerprint density at radius 2 is 1.86 bits per heavy atom. The summed E-state index contributed by atoms with van der Waals surface area (Å²) in [6.45, 7) is -3.35. The molecular weight excluding hydrogens is 572 g/mol. The van der Waals surface area contributed by atoms with E-state index in [1.165, 1.54) is 31.2 Å². The maximum atomic E-state index is 14.5. The molecule has 0 saturated heterocycles. The highest BCUT2D eigenvalue weighted by Crippen LogP contribution is 2.47. The number of fused-ring (bicyclic) bond motifs is 2. The Kier molecular flexibility index (Phi) is 6.88. The van der Waals surface area contributed by atoms with Crippen molar-refractivity contribution in [3.63, 3.8) is 0 Å². The van der Waals surface area contributed by atoms with Crippen LogP contribution in [0.2, 0.25) is 0 Å². The standard InChI is InChI=1S/C27H21F6N5O4/c1-25(23(34)40)12-42-21-17(25)9-19(36-20(21)13-2-5-16(28)6-3-13)26(41,27(31,32)33)11-35-22(39)14-4-7-18-15(8-14)10-38(37-18)24(29)30/h2-10,24,41H,11-12H2,1H3,(H2,34,40)(H,35,39)/t25-,26-/m0/s1. The second-order valence-corrected chi connectivity index (χ2v) is 9.93. The van der Waals surface area contributed by atoms with Gasteiger partial charge in [0.1, 0.15) is 29.3 Å². The van der Waals surface area contributed by atoms with Gasteiger partial charge in [0.15, 0.2) is 0 Å². The SMILES string of the molecule is C[C@]1(C(N)=O)COc2c1cc([C@@](O)(CNC(=O)c1ccc3nn(C(F)F)cc3c1)C(F)(F)F)nc2-c1ccc(F)cc1. The molecule has 5 rings (SSSR count). The average molecular weight is 593 g/mol. The normalized spacial score (nSPS) is 18.0. The fourth-order valence-corrected chi connectivity index (χ4v) is 4.53. The van der Waals surface area contributed by atoms with Gasteiger partial charge < -0.3 is 20.9 Å². The van der Waals surface area contributed by atoms with Crippen LogP contribution in [-0.2, 0) is 15.8 Å². The molecule has 0 radical (unpaired) electrons. The van der Waals surface area contributed by atoms with Crippen LogP contribution >= 0.6 is 0 Å². The number of aliphatic hydroxyl groups is 1. The van der Waals surface area contributed by atoms with Gasteiger partial charge in [0.25, 0.3) is 5.91 Å². The number of hydrogen-bond donors (Lipinski definition) is 3. The number of rotatable bonds is 7. The van der Waals surface area contributed by atoms with Crippen molar-refractivity contribution in [1.29, 1.82) is 0 Å². The summed E-state index contributed by atoms with van der Waals surface area (Å²) in [6.07, 6.45) is -4.45. The predicted octanol–water partition coefficient (Wildman–Crippen LogP) is 3.95. The molecule has 4 N–H and O–H groups in total. The zero-order valence-corrected chi connectivity index (χ0v) is 21.5. The summed E-state index contributed by atoms with van der Waals surface area (Å²) in [5.74, 6) is -2.69. The van der Waals surface area contributed by atoms with Crippen molar-refractivity contribution in [3.8, 4) is 17.0 Å². The van der Waals surface area contributed by atoms with Gasteiger partial charge in [-0.2, -0.15) is 27.1 Å². The predicted molar refractivity (Wildman–Crippen MR) is 135 cm³/mol. The van der Waals surface area contributed by atoms with Crippen molar-refractivity contribution >= 4 is 22.7 Å². The number of carbonyl (C=O) groups is 2. The van der Waals surface area contributed by atoms with Gasteiger partial charge in [-0.25, -0.2) is 14.1 Å². The fourth-order valence-electron chi connectivity index (χ4n) is 4.53. The van der Waals surface area contributed by atoms with E-state index in [1.807, 2.05) is 5.32 Å². The number of ether oxygens (including phenoxy) is 1. The number of amides is 2. The van der Waals surface area contributed by atoms with Crippen molar-refractivity contribution < 1.29 is 45.8 Å². The smallest absolute Gasteiger partial charge is 0.424 e. The lowest BCUT2D eigenvalue weighted by Gasteiger charge is -2.31. The minimum absolute atomic E-state index is 0.0714. The van der Waals surface area contributed by atoms with Crippen molar-refractivity contribution in [2.75, 3.05) is 13.2 Å². The Hall–Kier alpha value is -4.66. The molecule has 3 heterocycles. The third-order valence-electron chi connectivity index (χ3n) is 7.12. The Balaban J connectivity index is 1.56. The molecule has 0 aliphatic carbocycles. The molecule has 2 aromatic heterocycles. The number of aromatic nitrogens is 3. The molecule has 2 atom stereocenters. The second-order valence-electron chi connectivity index (χ2n) is 9.93. The van der Waals surface area contributed by atoms with E-state index in [1.54, 1.807) is 0 Å². The van der Waals surface area contributed by atoms with Gasteiger partial charge in [0.05, 0.1) is 17.8 Å². The summed E-state index contributed by atoms with van der Waals surface area (Å²) < 4.78 is 89.0. The zero-order valence-electron chi connectivity index (χ0n) is 21.5. The number of benzene rings is 2. The Morgan fingerprint density at radius 3 is 2.48 bits per heavy atom. The van der Waals surface area contributed by atoms with Crippen LogP contribution in [0.3, 0.4) is 0 Å². The molecule has 42 heavy (non-hydrogen) atoms. The second kappa shape index (κ2) is 10.0. The molecule has 1 aliphatic rings. The Labute approximate surface area is 232 Å². The van der Waals surface area contributed by atoms with Crippen LogP contribution < -0.4 is 15.8 Å². The van der Waals surface area contributed by atoms with Gasteiger partial charge in [-0.15, -0.1) is 0 Å². The van der Waals surface area contributed by atoms with E-state index in [0.29, 0.717) is 4.68 Å². The quantitative estimate of drug-likeness (QED) is 0.278. The third-order valence-corrected chi connectivity index (χ3v) is 7.12. The maximum Gasteiger partial charge on any atom is 0.424 e. The van der Waals surface area contributed by atoms with Gasteiger partial charge in [-0.3, -0.25) is 9.59 Å². The summed E-state index contributed by atoms with van der Waals surface area (Å²) in [5, 5.41) is 16.9. The summed E-state index contributed by atoms with van der Waals surface area (Å²) in [6, 6.07) is 8.93. The van der Waals surface area contributed by atoms with Gasteiger partial charge >= 0.3 is 12.7 Å². The molecule has 0 unspecified atom stereocenters. The maximum absolute atomic E-state index is 14.5. The molecule has 0 bridgehead atoms. The van der Waals surface area contributed by atoms with E-state index in [0.717, 1.165) is 30.5 Å². The molecule has 2 aromatic carbocycles. The highest BCUT2D eigenvalue weighted by Gasteiger charge is 2.57. The van der Waals surface area contributed by atoms with Crippen molar-refractivity contribution in [3.05, 3.63) is 77.4 Å². The van der Waals surface area contributed by atoms with Crippen molar-refractivity contribution in [2.24, 2.45) is 5.73 Å². The van der Waals surface area contributed by atoms with Gasteiger partial charge in [-0.05, 0) is 55.5 Å². The Bertz CT molecular complexity index is 1710. The number of carbonyl (C=O) groups excluding carboxylic acids is 2. The molecule has 0 saturated carbocycles. The number of pyridine rings is 1. The monoisotopic (exact) mass is 593 g/mol. The van der Waals surface area contributed by atoms with E-state index in [-0.39, 0.29) is 45.6 Å². The molecular formula is C27H21F6N5O4. The lowest BCUT2D eigenvalue weighted by Crippen LogP contribution is -2.51. The minimum atomic E-state index is -5.41. The van der Waals surface area contributed by atoms with Crippen LogP contribution in [-0.4, -0.2) is 51.0 Å². The van der Waals surface area contributed by atoms with E-state index in [9.17, 15) is 41.0 Å². The number of nitrogens with one attached hydrogen (secondary N) is 1. The van der Waals surface area contributed by atoms with Crippen LogP contribution in [0.5, 0.6) is 5.75 Å². The lowest BCUT2D eigenvalue weighted by atomic mass is 9.81. The molecule has 4 aromatic rings. The first kappa shape index (κ1) is 28.9. The number of nitrogens with zero attached hydrogens (tertiary/aromatic N) is 3. The molecule has 2 amide bonds. The average Bonchev–Trinajstić information content (AvgIpc) is 3.53. The first-order valence-electron chi connectivity index (χ1n) is 12.2.